The van der Waals surface area contributed by atoms with Crippen molar-refractivity contribution in [3.63, 3.8) is 0 Å². The number of hydrogen-bond donors (Lipinski definition) is 1. The molecule has 88 valence electrons. The lowest BCUT2D eigenvalue weighted by atomic mass is 10.1. The summed E-state index contributed by atoms with van der Waals surface area (Å²) >= 11 is 7.78. The van der Waals surface area contributed by atoms with Gasteiger partial charge in [0.25, 0.3) is 0 Å². The first-order valence-electron chi connectivity index (χ1n) is 5.66. The minimum absolute atomic E-state index is 0.172. The van der Waals surface area contributed by atoms with Gasteiger partial charge in [0.2, 0.25) is 0 Å². The highest BCUT2D eigenvalue weighted by atomic mass is 35.5. The van der Waals surface area contributed by atoms with Crippen LogP contribution in [0.15, 0.2) is 18.2 Å². The van der Waals surface area contributed by atoms with Crippen LogP contribution >= 0.6 is 22.9 Å². The average molecular weight is 265 g/mol. The summed E-state index contributed by atoms with van der Waals surface area (Å²) in [6, 6.07) is 6.21. The first-order chi connectivity index (χ1) is 8.13. The van der Waals surface area contributed by atoms with E-state index in [1.54, 1.807) is 11.3 Å². The van der Waals surface area contributed by atoms with Crippen LogP contribution in [-0.2, 0) is 12.8 Å². The Morgan fingerprint density at radius 1 is 1.53 bits per heavy atom. The van der Waals surface area contributed by atoms with Crippen LogP contribution in [0.2, 0.25) is 5.02 Å². The van der Waals surface area contributed by atoms with E-state index in [0.717, 1.165) is 28.6 Å². The molecule has 0 radical (unpaired) electrons. The van der Waals surface area contributed by atoms with Crippen LogP contribution in [0, 0.1) is 0 Å². The van der Waals surface area contributed by atoms with E-state index in [4.69, 9.17) is 22.3 Å². The fourth-order valence-electron chi connectivity index (χ4n) is 2.21. The van der Waals surface area contributed by atoms with E-state index in [1.165, 1.54) is 16.0 Å². The van der Waals surface area contributed by atoms with E-state index in [9.17, 15) is 0 Å². The fraction of sp³-hybridized carbons (Fsp3) is 0.308. The lowest BCUT2D eigenvalue weighted by Gasteiger charge is -2.02. The molecule has 17 heavy (non-hydrogen) atoms. The van der Waals surface area contributed by atoms with Gasteiger partial charge in [-0.15, -0.1) is 11.3 Å². The number of aromatic nitrogens is 1. The van der Waals surface area contributed by atoms with Crippen LogP contribution in [0.5, 0.6) is 0 Å². The van der Waals surface area contributed by atoms with Crippen LogP contribution in [0.4, 0.5) is 0 Å². The van der Waals surface area contributed by atoms with Crippen molar-refractivity contribution < 1.29 is 0 Å². The molecule has 0 fully saturated rings. The molecule has 0 saturated carbocycles. The summed E-state index contributed by atoms with van der Waals surface area (Å²) in [5, 5.41) is 1.94. The SMILES string of the molecule is CC(N)Cc1nc2c(s1)Cc1cc(Cl)ccc1-2. The molecular weight excluding hydrogens is 252 g/mol. The van der Waals surface area contributed by atoms with Gasteiger partial charge in [-0.05, 0) is 24.6 Å². The third-order valence-corrected chi connectivity index (χ3v) is 4.22. The number of rotatable bonds is 2. The van der Waals surface area contributed by atoms with E-state index in [0.29, 0.717) is 0 Å². The zero-order valence-electron chi connectivity index (χ0n) is 9.53. The monoisotopic (exact) mass is 264 g/mol. The van der Waals surface area contributed by atoms with Gasteiger partial charge >= 0.3 is 0 Å². The van der Waals surface area contributed by atoms with E-state index in [1.807, 2.05) is 19.1 Å². The topological polar surface area (TPSA) is 38.9 Å². The second kappa shape index (κ2) is 4.09. The lowest BCUT2D eigenvalue weighted by molar-refractivity contribution is 0.734. The fourth-order valence-corrected chi connectivity index (χ4v) is 3.65. The Kier molecular flexibility index (Phi) is 2.69. The van der Waals surface area contributed by atoms with E-state index in [2.05, 4.69) is 6.07 Å². The van der Waals surface area contributed by atoms with E-state index < -0.39 is 0 Å². The Labute approximate surface area is 109 Å². The summed E-state index contributed by atoms with van der Waals surface area (Å²) in [6.45, 7) is 2.01. The van der Waals surface area contributed by atoms with Crippen molar-refractivity contribution in [2.24, 2.45) is 5.73 Å². The van der Waals surface area contributed by atoms with E-state index >= 15 is 0 Å². The smallest absolute Gasteiger partial charge is 0.0950 e. The number of thiazole rings is 1. The van der Waals surface area contributed by atoms with Crippen LogP contribution in [0.25, 0.3) is 11.3 Å². The number of benzene rings is 1. The predicted octanol–water partition coefficient (Wildman–Crippen LogP) is 3.26. The molecule has 0 saturated heterocycles. The van der Waals surface area contributed by atoms with Crippen molar-refractivity contribution in [3.8, 4) is 11.3 Å². The van der Waals surface area contributed by atoms with Crippen molar-refractivity contribution >= 4 is 22.9 Å². The number of halogens is 1. The van der Waals surface area contributed by atoms with Crippen molar-refractivity contribution in [3.05, 3.63) is 38.7 Å². The van der Waals surface area contributed by atoms with Gasteiger partial charge in [-0.3, -0.25) is 0 Å². The van der Waals surface area contributed by atoms with Crippen molar-refractivity contribution in [2.45, 2.75) is 25.8 Å². The summed E-state index contributed by atoms with van der Waals surface area (Å²) < 4.78 is 0. The summed E-state index contributed by atoms with van der Waals surface area (Å²) in [5.74, 6) is 0. The molecule has 1 atom stereocenters. The van der Waals surface area contributed by atoms with Gasteiger partial charge in [-0.25, -0.2) is 4.98 Å². The molecule has 1 aromatic heterocycles. The number of hydrogen-bond acceptors (Lipinski definition) is 3. The molecule has 2 nitrogen and oxygen atoms in total. The largest absolute Gasteiger partial charge is 0.328 e. The van der Waals surface area contributed by atoms with Crippen molar-refractivity contribution in [1.29, 1.82) is 0 Å². The molecule has 1 unspecified atom stereocenters. The van der Waals surface area contributed by atoms with Crippen molar-refractivity contribution in [2.75, 3.05) is 0 Å². The Morgan fingerprint density at radius 2 is 2.35 bits per heavy atom. The zero-order valence-corrected chi connectivity index (χ0v) is 11.1. The summed E-state index contributed by atoms with van der Waals surface area (Å²) in [4.78, 5) is 6.04. The van der Waals surface area contributed by atoms with Crippen LogP contribution in [0.1, 0.15) is 22.4 Å². The Balaban J connectivity index is 2.00. The van der Waals surface area contributed by atoms with Gasteiger partial charge in [0.15, 0.2) is 0 Å². The molecule has 1 aromatic carbocycles. The third kappa shape index (κ3) is 1.99. The maximum Gasteiger partial charge on any atom is 0.0950 e. The highest BCUT2D eigenvalue weighted by Crippen LogP contribution is 2.40. The normalized spacial score (nSPS) is 14.5. The van der Waals surface area contributed by atoms with Crippen LogP contribution in [0.3, 0.4) is 0 Å². The first kappa shape index (κ1) is 11.2. The van der Waals surface area contributed by atoms with Crippen LogP contribution < -0.4 is 5.73 Å². The highest BCUT2D eigenvalue weighted by molar-refractivity contribution is 7.12. The molecule has 1 aliphatic rings. The first-order valence-corrected chi connectivity index (χ1v) is 6.86. The molecule has 3 rings (SSSR count). The minimum atomic E-state index is 0.172. The molecule has 2 N–H and O–H groups in total. The minimum Gasteiger partial charge on any atom is -0.328 e. The van der Waals surface area contributed by atoms with Gasteiger partial charge in [-0.1, -0.05) is 17.7 Å². The van der Waals surface area contributed by atoms with Gasteiger partial charge in [0.1, 0.15) is 0 Å². The molecule has 4 heteroatoms. The quantitative estimate of drug-likeness (QED) is 0.772. The Hall–Kier alpha value is -0.900. The molecule has 2 aromatic rings. The third-order valence-electron chi connectivity index (χ3n) is 2.91. The van der Waals surface area contributed by atoms with Gasteiger partial charge in [0, 0.05) is 34.3 Å². The molecule has 0 aliphatic heterocycles. The molecule has 0 bridgehead atoms. The predicted molar refractivity (Wildman–Crippen MR) is 72.7 cm³/mol. The molecular formula is C13H13ClN2S. The second-order valence-corrected chi connectivity index (χ2v) is 6.14. The molecule has 0 spiro atoms. The maximum atomic E-state index is 6.00. The highest BCUT2D eigenvalue weighted by Gasteiger charge is 2.23. The van der Waals surface area contributed by atoms with Crippen LogP contribution in [-0.4, -0.2) is 11.0 Å². The maximum absolute atomic E-state index is 6.00. The van der Waals surface area contributed by atoms with Gasteiger partial charge in [-0.2, -0.15) is 0 Å². The number of nitrogens with zero attached hydrogens (tertiary/aromatic N) is 1. The van der Waals surface area contributed by atoms with Gasteiger partial charge in [0.05, 0.1) is 10.7 Å². The molecule has 0 amide bonds. The summed E-state index contributed by atoms with van der Waals surface area (Å²) in [5.41, 5.74) is 9.47. The van der Waals surface area contributed by atoms with E-state index in [-0.39, 0.29) is 6.04 Å². The molecule has 1 aliphatic carbocycles. The van der Waals surface area contributed by atoms with Gasteiger partial charge < -0.3 is 5.73 Å². The zero-order chi connectivity index (χ0) is 12.0. The second-order valence-electron chi connectivity index (χ2n) is 4.54. The summed E-state index contributed by atoms with van der Waals surface area (Å²) in [6.07, 6.45) is 1.82. The lowest BCUT2D eigenvalue weighted by Crippen LogP contribution is -2.17. The number of fused-ring (bicyclic) bond motifs is 3. The van der Waals surface area contributed by atoms with Crippen molar-refractivity contribution in [1.82, 2.24) is 4.98 Å². The Bertz CT molecular complexity index is 575. The molecule has 1 heterocycles. The number of nitrogens with two attached hydrogens (primary N) is 1. The average Bonchev–Trinajstić information content (AvgIpc) is 2.72. The Morgan fingerprint density at radius 3 is 3.12 bits per heavy atom. The standard InChI is InChI=1S/C13H13ClN2S/c1-7(15)4-12-16-13-10-3-2-9(14)5-8(10)6-11(13)17-12/h2-3,5,7H,4,6,15H2,1H3. The summed E-state index contributed by atoms with van der Waals surface area (Å²) in [7, 11) is 0.